The molecular weight excluding hydrogens is 330 g/mol. The number of nitrogens with one attached hydrogen (secondary N) is 2. The molecule has 2 aliphatic carbocycles. The molecule has 7 nitrogen and oxygen atoms in total. The molecular formula is C19H21N5O2. The van der Waals surface area contributed by atoms with Crippen molar-refractivity contribution in [3.63, 3.8) is 0 Å². The lowest BCUT2D eigenvalue weighted by atomic mass is 10.2. The standard InChI is InChI=1S/C19H21N5O2/c1-10(19-23-17(24-26-19)11-6-7-11)20-16(25)9-12-8-13(12)18-21-14-4-2-3-5-15(14)22-18/h2-5,10-13H,6-9H2,1H3,(H,20,25)(H,21,22)/t10-,12+,13+/m1/s1. The van der Waals surface area contributed by atoms with E-state index in [4.69, 9.17) is 4.52 Å². The topological polar surface area (TPSA) is 96.7 Å². The Morgan fingerprint density at radius 3 is 3.00 bits per heavy atom. The van der Waals surface area contributed by atoms with E-state index in [0.717, 1.165) is 41.9 Å². The fourth-order valence-corrected chi connectivity index (χ4v) is 3.49. The lowest BCUT2D eigenvalue weighted by molar-refractivity contribution is -0.122. The lowest BCUT2D eigenvalue weighted by Crippen LogP contribution is -2.27. The van der Waals surface area contributed by atoms with Crippen molar-refractivity contribution in [2.24, 2.45) is 5.92 Å². The molecule has 5 rings (SSSR count). The van der Waals surface area contributed by atoms with Crippen molar-refractivity contribution in [2.45, 2.75) is 50.5 Å². The summed E-state index contributed by atoms with van der Waals surface area (Å²) in [6, 6.07) is 7.75. The lowest BCUT2D eigenvalue weighted by Gasteiger charge is -2.09. The number of carbonyl (C=O) groups excluding carboxylic acids is 1. The first-order valence-corrected chi connectivity index (χ1v) is 9.25. The highest BCUT2D eigenvalue weighted by atomic mass is 16.5. The Labute approximate surface area is 150 Å². The normalized spacial score (nSPS) is 23.1. The third-order valence-corrected chi connectivity index (χ3v) is 5.28. The van der Waals surface area contributed by atoms with Gasteiger partial charge in [-0.25, -0.2) is 4.98 Å². The van der Waals surface area contributed by atoms with E-state index in [1.165, 1.54) is 0 Å². The average Bonchev–Trinajstić information content (AvgIpc) is 3.52. The minimum absolute atomic E-state index is 0.0206. The van der Waals surface area contributed by atoms with Crippen LogP contribution in [0.25, 0.3) is 11.0 Å². The van der Waals surface area contributed by atoms with Crippen LogP contribution in [0.1, 0.15) is 68.0 Å². The van der Waals surface area contributed by atoms with Crippen molar-refractivity contribution in [3.8, 4) is 0 Å². The van der Waals surface area contributed by atoms with E-state index >= 15 is 0 Å². The van der Waals surface area contributed by atoms with Crippen LogP contribution in [-0.4, -0.2) is 26.0 Å². The van der Waals surface area contributed by atoms with Gasteiger partial charge in [-0.1, -0.05) is 17.3 Å². The Morgan fingerprint density at radius 2 is 2.19 bits per heavy atom. The third kappa shape index (κ3) is 2.98. The smallest absolute Gasteiger partial charge is 0.248 e. The Balaban J connectivity index is 1.17. The number of rotatable bonds is 6. The Hall–Kier alpha value is -2.70. The quantitative estimate of drug-likeness (QED) is 0.711. The molecule has 26 heavy (non-hydrogen) atoms. The van der Waals surface area contributed by atoms with Gasteiger partial charge in [0, 0.05) is 18.3 Å². The highest BCUT2D eigenvalue weighted by Gasteiger charge is 2.42. The maximum Gasteiger partial charge on any atom is 0.248 e. The molecule has 2 heterocycles. The summed E-state index contributed by atoms with van der Waals surface area (Å²) in [4.78, 5) is 24.8. The fourth-order valence-electron chi connectivity index (χ4n) is 3.49. The number of fused-ring (bicyclic) bond motifs is 1. The molecule has 2 saturated carbocycles. The number of benzene rings is 1. The molecule has 0 saturated heterocycles. The van der Waals surface area contributed by atoms with Crippen LogP contribution >= 0.6 is 0 Å². The highest BCUT2D eigenvalue weighted by Crippen LogP contribution is 2.48. The van der Waals surface area contributed by atoms with E-state index in [0.29, 0.717) is 30.1 Å². The molecule has 2 aromatic heterocycles. The summed E-state index contributed by atoms with van der Waals surface area (Å²) in [5, 5.41) is 6.98. The number of H-pyrrole nitrogens is 1. The molecule has 3 aromatic rings. The average molecular weight is 351 g/mol. The predicted octanol–water partition coefficient (Wildman–Crippen LogP) is 3.19. The zero-order valence-corrected chi connectivity index (χ0v) is 14.6. The van der Waals surface area contributed by atoms with Crippen LogP contribution in [0, 0.1) is 5.92 Å². The van der Waals surface area contributed by atoms with Crippen molar-refractivity contribution in [3.05, 3.63) is 41.8 Å². The summed E-state index contributed by atoms with van der Waals surface area (Å²) in [6.07, 6.45) is 3.75. The van der Waals surface area contributed by atoms with E-state index in [2.05, 4.69) is 25.4 Å². The second-order valence-corrected chi connectivity index (χ2v) is 7.50. The molecule has 1 amide bonds. The van der Waals surface area contributed by atoms with Gasteiger partial charge in [0.1, 0.15) is 11.9 Å². The largest absolute Gasteiger partial charge is 0.345 e. The summed E-state index contributed by atoms with van der Waals surface area (Å²) >= 11 is 0. The summed E-state index contributed by atoms with van der Waals surface area (Å²) < 4.78 is 5.28. The number of hydrogen-bond acceptors (Lipinski definition) is 5. The van der Waals surface area contributed by atoms with Gasteiger partial charge in [0.2, 0.25) is 11.8 Å². The number of nitrogens with zero attached hydrogens (tertiary/aromatic N) is 3. The number of aromatic nitrogens is 4. The van der Waals surface area contributed by atoms with E-state index in [-0.39, 0.29) is 11.9 Å². The van der Waals surface area contributed by atoms with Gasteiger partial charge in [-0.15, -0.1) is 0 Å². The van der Waals surface area contributed by atoms with Crippen molar-refractivity contribution in [2.75, 3.05) is 0 Å². The number of amides is 1. The van der Waals surface area contributed by atoms with Crippen molar-refractivity contribution < 1.29 is 9.32 Å². The first kappa shape index (κ1) is 15.5. The molecule has 2 fully saturated rings. The highest BCUT2D eigenvalue weighted by molar-refractivity contribution is 5.77. The second kappa shape index (κ2) is 5.93. The van der Waals surface area contributed by atoms with Crippen LogP contribution in [-0.2, 0) is 4.79 Å². The summed E-state index contributed by atoms with van der Waals surface area (Å²) in [7, 11) is 0. The van der Waals surface area contributed by atoms with Crippen molar-refractivity contribution in [1.82, 2.24) is 25.4 Å². The first-order chi connectivity index (χ1) is 12.7. The van der Waals surface area contributed by atoms with Crippen LogP contribution < -0.4 is 5.32 Å². The summed E-state index contributed by atoms with van der Waals surface area (Å²) in [6.45, 7) is 1.88. The van der Waals surface area contributed by atoms with Gasteiger partial charge in [-0.05, 0) is 44.2 Å². The van der Waals surface area contributed by atoms with Crippen LogP contribution in [0.15, 0.2) is 28.8 Å². The zero-order chi connectivity index (χ0) is 17.7. The third-order valence-electron chi connectivity index (χ3n) is 5.28. The van der Waals surface area contributed by atoms with E-state index in [1.807, 2.05) is 31.2 Å². The molecule has 0 radical (unpaired) electrons. The Kier molecular flexibility index (Phi) is 3.55. The number of aromatic amines is 1. The van der Waals surface area contributed by atoms with Crippen LogP contribution in [0.3, 0.4) is 0 Å². The fraction of sp³-hybridized carbons (Fsp3) is 0.474. The van der Waals surface area contributed by atoms with E-state index in [1.54, 1.807) is 0 Å². The minimum Gasteiger partial charge on any atom is -0.345 e. The minimum atomic E-state index is -0.258. The van der Waals surface area contributed by atoms with E-state index < -0.39 is 0 Å². The molecule has 0 spiro atoms. The second-order valence-electron chi connectivity index (χ2n) is 7.50. The maximum atomic E-state index is 12.3. The number of para-hydroxylation sites is 2. The predicted molar refractivity (Wildman–Crippen MR) is 94.4 cm³/mol. The van der Waals surface area contributed by atoms with Crippen LogP contribution in [0.2, 0.25) is 0 Å². The van der Waals surface area contributed by atoms with Gasteiger partial charge >= 0.3 is 0 Å². The molecule has 2 aliphatic rings. The molecule has 2 N–H and O–H groups in total. The van der Waals surface area contributed by atoms with Gasteiger partial charge in [-0.2, -0.15) is 4.98 Å². The first-order valence-electron chi connectivity index (χ1n) is 9.25. The molecule has 0 bridgehead atoms. The molecule has 7 heteroatoms. The van der Waals surface area contributed by atoms with Crippen molar-refractivity contribution >= 4 is 16.9 Å². The van der Waals surface area contributed by atoms with Crippen LogP contribution in [0.5, 0.6) is 0 Å². The number of imidazole rings is 1. The molecule has 0 unspecified atom stereocenters. The molecule has 0 aliphatic heterocycles. The maximum absolute atomic E-state index is 12.3. The Morgan fingerprint density at radius 1 is 1.35 bits per heavy atom. The van der Waals surface area contributed by atoms with Gasteiger partial charge in [0.15, 0.2) is 5.82 Å². The number of hydrogen-bond donors (Lipinski definition) is 2. The molecule has 1 aromatic carbocycles. The molecule has 134 valence electrons. The van der Waals surface area contributed by atoms with Crippen LogP contribution in [0.4, 0.5) is 0 Å². The van der Waals surface area contributed by atoms with E-state index in [9.17, 15) is 4.79 Å². The summed E-state index contributed by atoms with van der Waals surface area (Å²) in [5.74, 6) is 3.40. The monoisotopic (exact) mass is 351 g/mol. The summed E-state index contributed by atoms with van der Waals surface area (Å²) in [5.41, 5.74) is 2.03. The zero-order valence-electron chi connectivity index (χ0n) is 14.6. The number of carbonyl (C=O) groups is 1. The SMILES string of the molecule is C[C@@H](NC(=O)C[C@@H]1C[C@@H]1c1nc2ccccc2[nH]1)c1nc(C2CC2)no1. The van der Waals surface area contributed by atoms with Gasteiger partial charge < -0.3 is 14.8 Å². The van der Waals surface area contributed by atoms with Crippen molar-refractivity contribution in [1.29, 1.82) is 0 Å². The Bertz CT molecular complexity index is 925. The molecule has 3 atom stereocenters. The van der Waals surface area contributed by atoms with Gasteiger partial charge in [0.05, 0.1) is 11.0 Å². The van der Waals surface area contributed by atoms with Gasteiger partial charge in [0.25, 0.3) is 0 Å². The van der Waals surface area contributed by atoms with Gasteiger partial charge in [-0.3, -0.25) is 4.79 Å².